The van der Waals surface area contributed by atoms with Crippen molar-refractivity contribution < 1.29 is 13.2 Å². The normalized spacial score (nSPS) is 11.7. The second-order valence-corrected chi connectivity index (χ2v) is 5.32. The van der Waals surface area contributed by atoms with Crippen molar-refractivity contribution in [2.45, 2.75) is 46.3 Å². The molecule has 0 saturated carbocycles. The summed E-state index contributed by atoms with van der Waals surface area (Å²) in [6.45, 7) is 7.15. The molecule has 0 aliphatic rings. The van der Waals surface area contributed by atoms with E-state index < -0.39 is 12.7 Å². The lowest BCUT2D eigenvalue weighted by Crippen LogP contribution is -2.34. The summed E-state index contributed by atoms with van der Waals surface area (Å²) in [6, 6.07) is 5.56. The molecule has 0 aliphatic carbocycles. The SMILES string of the molecule is CCCNCc1ccc(N(CCC)CC(F)(F)F)cc1C. The average Bonchev–Trinajstić information content (AvgIpc) is 2.39. The van der Waals surface area contributed by atoms with Crippen LogP contribution in [0.25, 0.3) is 0 Å². The van der Waals surface area contributed by atoms with Gasteiger partial charge in [-0.2, -0.15) is 13.2 Å². The smallest absolute Gasteiger partial charge is 0.363 e. The molecule has 5 heteroatoms. The summed E-state index contributed by atoms with van der Waals surface area (Å²) >= 11 is 0. The molecule has 0 amide bonds. The molecule has 1 rings (SSSR count). The van der Waals surface area contributed by atoms with Gasteiger partial charge >= 0.3 is 6.18 Å². The van der Waals surface area contributed by atoms with Gasteiger partial charge in [-0.1, -0.05) is 19.9 Å². The zero-order chi connectivity index (χ0) is 15.9. The van der Waals surface area contributed by atoms with Crippen molar-refractivity contribution in [3.05, 3.63) is 29.3 Å². The van der Waals surface area contributed by atoms with Crippen LogP contribution in [0, 0.1) is 6.92 Å². The zero-order valence-corrected chi connectivity index (χ0v) is 13.1. The van der Waals surface area contributed by atoms with Crippen LogP contribution < -0.4 is 10.2 Å². The van der Waals surface area contributed by atoms with Gasteiger partial charge in [-0.15, -0.1) is 0 Å². The topological polar surface area (TPSA) is 15.3 Å². The highest BCUT2D eigenvalue weighted by Gasteiger charge is 2.30. The van der Waals surface area contributed by atoms with Crippen molar-refractivity contribution in [2.24, 2.45) is 0 Å². The van der Waals surface area contributed by atoms with E-state index in [9.17, 15) is 13.2 Å². The summed E-state index contributed by atoms with van der Waals surface area (Å²) in [7, 11) is 0. The lowest BCUT2D eigenvalue weighted by atomic mass is 10.1. The number of nitrogens with one attached hydrogen (secondary N) is 1. The van der Waals surface area contributed by atoms with Crippen LogP contribution in [0.1, 0.15) is 37.8 Å². The van der Waals surface area contributed by atoms with E-state index in [1.165, 1.54) is 4.90 Å². The van der Waals surface area contributed by atoms with Crippen molar-refractivity contribution in [1.82, 2.24) is 5.32 Å². The van der Waals surface area contributed by atoms with Crippen molar-refractivity contribution >= 4 is 5.69 Å². The minimum absolute atomic E-state index is 0.409. The zero-order valence-electron chi connectivity index (χ0n) is 13.1. The number of aryl methyl sites for hydroxylation is 1. The molecule has 0 saturated heterocycles. The Kier molecular flexibility index (Phi) is 7.02. The van der Waals surface area contributed by atoms with E-state index in [0.29, 0.717) is 18.7 Å². The molecule has 21 heavy (non-hydrogen) atoms. The summed E-state index contributed by atoms with van der Waals surface area (Å²) in [5.74, 6) is 0. The van der Waals surface area contributed by atoms with Crippen LogP contribution in [0.4, 0.5) is 18.9 Å². The van der Waals surface area contributed by atoms with E-state index in [1.54, 1.807) is 6.07 Å². The number of hydrogen-bond donors (Lipinski definition) is 1. The first kappa shape index (κ1) is 17.8. The fourth-order valence-corrected chi connectivity index (χ4v) is 2.26. The maximum absolute atomic E-state index is 12.6. The van der Waals surface area contributed by atoms with E-state index in [4.69, 9.17) is 0 Å². The van der Waals surface area contributed by atoms with Crippen molar-refractivity contribution in [3.8, 4) is 0 Å². The van der Waals surface area contributed by atoms with Gasteiger partial charge in [0.2, 0.25) is 0 Å². The number of benzene rings is 1. The molecule has 0 spiro atoms. The van der Waals surface area contributed by atoms with Crippen LogP contribution in [-0.2, 0) is 6.54 Å². The minimum Gasteiger partial charge on any atom is -0.363 e. The first-order valence-electron chi connectivity index (χ1n) is 7.49. The van der Waals surface area contributed by atoms with Crippen LogP contribution in [0.15, 0.2) is 18.2 Å². The maximum Gasteiger partial charge on any atom is 0.405 e. The van der Waals surface area contributed by atoms with Gasteiger partial charge in [-0.3, -0.25) is 0 Å². The molecule has 0 unspecified atom stereocenters. The Morgan fingerprint density at radius 1 is 1.14 bits per heavy atom. The van der Waals surface area contributed by atoms with Gasteiger partial charge in [0.05, 0.1) is 0 Å². The number of rotatable bonds is 8. The Hall–Kier alpha value is -1.23. The fraction of sp³-hybridized carbons (Fsp3) is 0.625. The summed E-state index contributed by atoms with van der Waals surface area (Å²) in [5, 5.41) is 3.31. The predicted octanol–water partition coefficient (Wildman–Crippen LogP) is 4.27. The molecule has 120 valence electrons. The third-order valence-corrected chi connectivity index (χ3v) is 3.30. The van der Waals surface area contributed by atoms with Crippen LogP contribution >= 0.6 is 0 Å². The number of halogens is 3. The molecular weight excluding hydrogens is 277 g/mol. The Labute approximate surface area is 125 Å². The summed E-state index contributed by atoms with van der Waals surface area (Å²) < 4.78 is 37.9. The van der Waals surface area contributed by atoms with Gasteiger partial charge in [-0.25, -0.2) is 0 Å². The lowest BCUT2D eigenvalue weighted by Gasteiger charge is -2.26. The van der Waals surface area contributed by atoms with E-state index in [0.717, 1.165) is 30.6 Å². The van der Waals surface area contributed by atoms with E-state index in [-0.39, 0.29) is 0 Å². The molecule has 1 N–H and O–H groups in total. The summed E-state index contributed by atoms with van der Waals surface area (Å²) in [4.78, 5) is 1.40. The van der Waals surface area contributed by atoms with Gasteiger partial charge in [0.25, 0.3) is 0 Å². The van der Waals surface area contributed by atoms with Crippen LogP contribution in [0.3, 0.4) is 0 Å². The molecule has 0 aliphatic heterocycles. The number of hydrogen-bond acceptors (Lipinski definition) is 2. The largest absolute Gasteiger partial charge is 0.405 e. The predicted molar refractivity (Wildman–Crippen MR) is 81.7 cm³/mol. The summed E-state index contributed by atoms with van der Waals surface area (Å²) in [6.07, 6.45) is -2.42. The van der Waals surface area contributed by atoms with Gasteiger partial charge in [0.1, 0.15) is 6.54 Å². The lowest BCUT2D eigenvalue weighted by molar-refractivity contribution is -0.119. The van der Waals surface area contributed by atoms with E-state index >= 15 is 0 Å². The van der Waals surface area contributed by atoms with Crippen molar-refractivity contribution in [3.63, 3.8) is 0 Å². The monoisotopic (exact) mass is 302 g/mol. The first-order valence-corrected chi connectivity index (χ1v) is 7.49. The number of anilines is 1. The molecular formula is C16H25F3N2. The molecule has 0 bridgehead atoms. The van der Waals surface area contributed by atoms with E-state index in [1.807, 2.05) is 26.0 Å². The standard InChI is InChI=1S/C16H25F3N2/c1-4-8-20-11-14-6-7-15(10-13(14)3)21(9-5-2)12-16(17,18)19/h6-7,10,20H,4-5,8-9,11-12H2,1-3H3. The molecule has 0 aromatic heterocycles. The van der Waals surface area contributed by atoms with E-state index in [2.05, 4.69) is 12.2 Å². The molecule has 0 heterocycles. The maximum atomic E-state index is 12.6. The summed E-state index contributed by atoms with van der Waals surface area (Å²) in [5.41, 5.74) is 2.81. The Balaban J connectivity index is 2.82. The van der Waals surface area contributed by atoms with Gasteiger partial charge < -0.3 is 10.2 Å². The molecule has 0 radical (unpaired) electrons. The van der Waals surface area contributed by atoms with Crippen LogP contribution in [-0.4, -0.2) is 25.8 Å². The van der Waals surface area contributed by atoms with Gasteiger partial charge in [0, 0.05) is 18.8 Å². The van der Waals surface area contributed by atoms with Gasteiger partial charge in [0.15, 0.2) is 0 Å². The van der Waals surface area contributed by atoms with Crippen LogP contribution in [0.5, 0.6) is 0 Å². The second kappa shape index (κ2) is 8.27. The highest BCUT2D eigenvalue weighted by molar-refractivity contribution is 5.51. The van der Waals surface area contributed by atoms with Crippen LogP contribution in [0.2, 0.25) is 0 Å². The van der Waals surface area contributed by atoms with Crippen molar-refractivity contribution in [2.75, 3.05) is 24.5 Å². The Bertz CT molecular complexity index is 430. The third-order valence-electron chi connectivity index (χ3n) is 3.30. The van der Waals surface area contributed by atoms with Gasteiger partial charge in [-0.05, 0) is 49.6 Å². The number of nitrogens with zero attached hydrogens (tertiary/aromatic N) is 1. The molecule has 0 fully saturated rings. The highest BCUT2D eigenvalue weighted by Crippen LogP contribution is 2.24. The minimum atomic E-state index is -4.18. The second-order valence-electron chi connectivity index (χ2n) is 5.32. The Morgan fingerprint density at radius 2 is 1.86 bits per heavy atom. The molecule has 1 aromatic carbocycles. The molecule has 1 aromatic rings. The molecule has 0 atom stereocenters. The van der Waals surface area contributed by atoms with Crippen molar-refractivity contribution in [1.29, 1.82) is 0 Å². The number of alkyl halides is 3. The molecule has 2 nitrogen and oxygen atoms in total. The highest BCUT2D eigenvalue weighted by atomic mass is 19.4. The Morgan fingerprint density at radius 3 is 2.38 bits per heavy atom. The third kappa shape index (κ3) is 6.38. The first-order chi connectivity index (χ1) is 9.87. The average molecular weight is 302 g/mol. The quantitative estimate of drug-likeness (QED) is 0.721. The fourth-order valence-electron chi connectivity index (χ4n) is 2.26.